The molecule has 0 bridgehead atoms. The number of rotatable bonds is 4. The highest BCUT2D eigenvalue weighted by atomic mass is 19.4. The Morgan fingerprint density at radius 3 is 1.87 bits per heavy atom. The number of carboxylic acid groups (broad SMARTS) is 1. The van der Waals surface area contributed by atoms with Crippen molar-refractivity contribution >= 4 is 45.4 Å². The van der Waals surface area contributed by atoms with E-state index in [-0.39, 0.29) is 29.6 Å². The lowest BCUT2D eigenvalue weighted by Gasteiger charge is -2.06. The topological polar surface area (TPSA) is 148 Å². The molecular weight excluding hydrogens is 595 g/mol. The van der Waals surface area contributed by atoms with Crippen LogP contribution in [0.25, 0.3) is 21.8 Å². The van der Waals surface area contributed by atoms with Crippen LogP contribution >= 0.6 is 0 Å². The van der Waals surface area contributed by atoms with Crippen molar-refractivity contribution in [2.75, 3.05) is 13.1 Å². The van der Waals surface area contributed by atoms with Crippen LogP contribution in [0.1, 0.15) is 66.0 Å². The van der Waals surface area contributed by atoms with Gasteiger partial charge in [0.1, 0.15) is 17.1 Å². The zero-order valence-corrected chi connectivity index (χ0v) is 23.6. The third kappa shape index (κ3) is 5.90. The van der Waals surface area contributed by atoms with E-state index in [4.69, 9.17) is 5.11 Å². The van der Waals surface area contributed by atoms with E-state index in [1.54, 1.807) is 42.5 Å². The normalized spacial score (nSPS) is 14.8. The number of aromatic carboxylic acids is 1. The maximum Gasteiger partial charge on any atom is 0.436 e. The SMILES string of the molecule is O=C(Cc1cc(C(F)(F)F)no1)c1ccc2cc3n(c2c1)CCCNC3=O.O=C(O)c1ccc2cc3n(c2c1)CCCNC3=O. The molecule has 7 rings (SSSR count). The molecule has 0 saturated heterocycles. The van der Waals surface area contributed by atoms with Crippen LogP contribution in [-0.4, -0.2) is 56.1 Å². The summed E-state index contributed by atoms with van der Waals surface area (Å²) in [6, 6.07) is 14.2. The van der Waals surface area contributed by atoms with Crippen LogP contribution in [0.4, 0.5) is 13.2 Å². The van der Waals surface area contributed by atoms with Gasteiger partial charge in [-0.2, -0.15) is 13.2 Å². The minimum absolute atomic E-state index is 0.0967. The molecule has 0 atom stereocenters. The van der Waals surface area contributed by atoms with Gasteiger partial charge < -0.3 is 29.4 Å². The van der Waals surface area contributed by atoms with E-state index in [0.29, 0.717) is 36.6 Å². The van der Waals surface area contributed by atoms with Crippen molar-refractivity contribution < 1.29 is 42.0 Å². The molecule has 0 spiro atoms. The number of hydrogen-bond acceptors (Lipinski definition) is 6. The highest BCUT2D eigenvalue weighted by Gasteiger charge is 2.35. The Bertz CT molecular complexity index is 1990. The number of carboxylic acids is 1. The standard InChI is InChI=1S/C18H14F3N3O3.C13H12N2O3/c19-18(20,21)16-9-12(27-23-16)8-15(25)11-3-2-10-6-14-17(26)22-4-1-5-24(14)13(10)7-11;16-12-11-6-8-2-3-9(13(17)18)7-10(8)15(11)5-1-4-14-12/h2-3,6-7,9H,1,4-5,8H2,(H,22,26);2-3,6-7H,1,4-5H2,(H,14,16)(H,17,18). The number of halogens is 3. The Kier molecular flexibility index (Phi) is 7.64. The maximum atomic E-state index is 12.6. The summed E-state index contributed by atoms with van der Waals surface area (Å²) in [6.45, 7) is 2.58. The second-order valence-corrected chi connectivity index (χ2v) is 10.7. The second kappa shape index (κ2) is 11.6. The van der Waals surface area contributed by atoms with Gasteiger partial charge in [-0.1, -0.05) is 23.4 Å². The van der Waals surface area contributed by atoms with Crippen molar-refractivity contribution in [3.8, 4) is 0 Å². The first-order valence-electron chi connectivity index (χ1n) is 14.1. The molecule has 232 valence electrons. The van der Waals surface area contributed by atoms with Crippen LogP contribution in [-0.2, 0) is 25.7 Å². The summed E-state index contributed by atoms with van der Waals surface area (Å²) in [7, 11) is 0. The summed E-state index contributed by atoms with van der Waals surface area (Å²) >= 11 is 0. The lowest BCUT2D eigenvalue weighted by Crippen LogP contribution is -2.22. The van der Waals surface area contributed by atoms with E-state index in [0.717, 1.165) is 47.3 Å². The first kappa shape index (κ1) is 29.7. The quantitative estimate of drug-likeness (QED) is 0.247. The molecular formula is C31H26F3N5O6. The number of nitrogens with zero attached hydrogens (tertiary/aromatic N) is 3. The molecule has 0 fully saturated rings. The third-order valence-corrected chi connectivity index (χ3v) is 7.71. The molecule has 0 aliphatic carbocycles. The van der Waals surface area contributed by atoms with Gasteiger partial charge in [0.05, 0.1) is 12.0 Å². The summed E-state index contributed by atoms with van der Waals surface area (Å²) < 4.78 is 46.1. The Labute approximate surface area is 252 Å². The fourth-order valence-electron chi connectivity index (χ4n) is 5.52. The van der Waals surface area contributed by atoms with Crippen LogP contribution in [0.3, 0.4) is 0 Å². The van der Waals surface area contributed by atoms with E-state index in [1.807, 2.05) is 15.2 Å². The van der Waals surface area contributed by atoms with Crippen LogP contribution < -0.4 is 10.6 Å². The van der Waals surface area contributed by atoms with E-state index in [2.05, 4.69) is 20.3 Å². The number of carbonyl (C=O) groups is 4. The minimum atomic E-state index is -4.62. The molecule has 0 unspecified atom stereocenters. The van der Waals surface area contributed by atoms with Crippen LogP contribution in [0.15, 0.2) is 59.1 Å². The molecule has 2 aliphatic rings. The van der Waals surface area contributed by atoms with Crippen LogP contribution in [0.5, 0.6) is 0 Å². The van der Waals surface area contributed by atoms with E-state index in [9.17, 15) is 32.3 Å². The summed E-state index contributed by atoms with van der Waals surface area (Å²) in [5.74, 6) is -1.76. The van der Waals surface area contributed by atoms with E-state index < -0.39 is 23.6 Å². The molecule has 2 aromatic carbocycles. The number of ketones is 1. The number of hydrogen-bond donors (Lipinski definition) is 3. The highest BCUT2D eigenvalue weighted by molar-refractivity contribution is 6.03. The zero-order valence-electron chi connectivity index (χ0n) is 23.6. The Morgan fingerprint density at radius 2 is 1.36 bits per heavy atom. The minimum Gasteiger partial charge on any atom is -0.478 e. The van der Waals surface area contributed by atoms with Gasteiger partial charge in [-0.25, -0.2) is 4.79 Å². The summed E-state index contributed by atoms with van der Waals surface area (Å²) in [4.78, 5) is 47.4. The van der Waals surface area contributed by atoms with Gasteiger partial charge in [0.25, 0.3) is 11.8 Å². The first-order valence-corrected chi connectivity index (χ1v) is 14.1. The Morgan fingerprint density at radius 1 is 0.822 bits per heavy atom. The average Bonchev–Trinajstić information content (AvgIpc) is 3.66. The number of aryl methyl sites for hydroxylation is 2. The fraction of sp³-hybridized carbons (Fsp3) is 0.258. The van der Waals surface area contributed by atoms with Gasteiger partial charge in [-0.05, 0) is 43.2 Å². The molecule has 3 aromatic heterocycles. The molecule has 0 radical (unpaired) electrons. The zero-order chi connectivity index (χ0) is 31.9. The summed E-state index contributed by atoms with van der Waals surface area (Å²) in [5, 5.41) is 19.3. The molecule has 45 heavy (non-hydrogen) atoms. The predicted molar refractivity (Wildman–Crippen MR) is 154 cm³/mol. The van der Waals surface area contributed by atoms with Gasteiger partial charge in [0, 0.05) is 59.6 Å². The predicted octanol–water partition coefficient (Wildman–Crippen LogP) is 4.68. The van der Waals surface area contributed by atoms with Crippen LogP contribution in [0.2, 0.25) is 0 Å². The number of alkyl halides is 3. The van der Waals surface area contributed by atoms with E-state index in [1.165, 1.54) is 0 Å². The van der Waals surface area contributed by atoms with Gasteiger partial charge in [-0.3, -0.25) is 14.4 Å². The second-order valence-electron chi connectivity index (χ2n) is 10.7. The Balaban J connectivity index is 0.000000172. The van der Waals surface area contributed by atoms with Crippen molar-refractivity contribution in [2.24, 2.45) is 0 Å². The lowest BCUT2D eigenvalue weighted by atomic mass is 10.1. The molecule has 5 heterocycles. The maximum absolute atomic E-state index is 12.6. The summed E-state index contributed by atoms with van der Waals surface area (Å²) in [6.07, 6.45) is -3.34. The van der Waals surface area contributed by atoms with Gasteiger partial charge in [0.15, 0.2) is 11.5 Å². The van der Waals surface area contributed by atoms with Gasteiger partial charge >= 0.3 is 12.1 Å². The molecule has 2 aliphatic heterocycles. The van der Waals surface area contributed by atoms with Gasteiger partial charge in [0.2, 0.25) is 0 Å². The molecule has 14 heteroatoms. The first-order chi connectivity index (χ1) is 21.5. The number of nitrogens with one attached hydrogen (secondary N) is 2. The number of Topliss-reactive ketones (excluding diaryl/α,β-unsaturated/α-hetero) is 1. The van der Waals surface area contributed by atoms with Crippen molar-refractivity contribution in [1.29, 1.82) is 0 Å². The molecule has 3 N–H and O–H groups in total. The largest absolute Gasteiger partial charge is 0.478 e. The Hall–Kier alpha value is -5.40. The number of aromatic nitrogens is 3. The number of benzene rings is 2. The monoisotopic (exact) mass is 621 g/mol. The molecule has 5 aromatic rings. The van der Waals surface area contributed by atoms with Crippen molar-refractivity contribution in [3.63, 3.8) is 0 Å². The highest BCUT2D eigenvalue weighted by Crippen LogP contribution is 2.29. The lowest BCUT2D eigenvalue weighted by molar-refractivity contribution is -0.142. The van der Waals surface area contributed by atoms with Crippen molar-refractivity contribution in [1.82, 2.24) is 24.9 Å². The molecule has 2 amide bonds. The van der Waals surface area contributed by atoms with E-state index >= 15 is 0 Å². The number of carbonyl (C=O) groups excluding carboxylic acids is 3. The van der Waals surface area contributed by atoms with Crippen molar-refractivity contribution in [2.45, 2.75) is 38.5 Å². The smallest absolute Gasteiger partial charge is 0.436 e. The fourth-order valence-corrected chi connectivity index (χ4v) is 5.52. The molecule has 0 saturated carbocycles. The molecule has 11 nitrogen and oxygen atoms in total. The van der Waals surface area contributed by atoms with Gasteiger partial charge in [-0.15, -0.1) is 0 Å². The van der Waals surface area contributed by atoms with Crippen molar-refractivity contribution in [3.05, 3.63) is 88.6 Å². The average molecular weight is 622 g/mol. The summed E-state index contributed by atoms with van der Waals surface area (Å²) in [5.41, 5.74) is 2.08. The number of fused-ring (bicyclic) bond motifs is 6. The number of amides is 2. The van der Waals surface area contributed by atoms with Crippen LogP contribution in [0, 0.1) is 0 Å². The third-order valence-electron chi connectivity index (χ3n) is 7.71.